The van der Waals surface area contributed by atoms with E-state index in [0.717, 1.165) is 92.9 Å². The van der Waals surface area contributed by atoms with Gasteiger partial charge in [-0.3, -0.25) is 0 Å². The van der Waals surface area contributed by atoms with Crippen LogP contribution in [0.2, 0.25) is 0 Å². The van der Waals surface area contributed by atoms with Crippen molar-refractivity contribution >= 4 is 6.09 Å². The molecule has 0 bridgehead atoms. The van der Waals surface area contributed by atoms with Gasteiger partial charge >= 0.3 is 6.09 Å². The van der Waals surface area contributed by atoms with Gasteiger partial charge in [0, 0.05) is 31.6 Å². The molecule has 5 nitrogen and oxygen atoms in total. The molecule has 0 aliphatic heterocycles. The largest absolute Gasteiger partial charge is 0.446 e. The number of nitrogens with two attached hydrogens (primary N) is 2. The molecule has 0 radical (unpaired) electrons. The van der Waals surface area contributed by atoms with Gasteiger partial charge in [-0.05, 0) is 137 Å². The van der Waals surface area contributed by atoms with Crippen LogP contribution >= 0.6 is 0 Å². The molecule has 4 aliphatic carbocycles. The summed E-state index contributed by atoms with van der Waals surface area (Å²) in [4.78, 5) is 15.5. The lowest BCUT2D eigenvalue weighted by Gasteiger charge is -2.58. The number of hydrogen-bond acceptors (Lipinski definition) is 4. The highest BCUT2D eigenvalue weighted by atomic mass is 16.6. The second-order valence-corrected chi connectivity index (χ2v) is 18.5. The summed E-state index contributed by atoms with van der Waals surface area (Å²) in [6, 6.07) is 0.380. The molecule has 0 spiro atoms. The predicted octanol–water partition coefficient (Wildman–Crippen LogP) is 10.9. The minimum absolute atomic E-state index is 0.00720. The van der Waals surface area contributed by atoms with E-state index in [2.05, 4.69) is 54.5 Å². The summed E-state index contributed by atoms with van der Waals surface area (Å²) in [5.74, 6) is 5.94. The molecule has 0 heterocycles. The van der Waals surface area contributed by atoms with E-state index in [0.29, 0.717) is 18.0 Å². The third-order valence-corrected chi connectivity index (χ3v) is 14.7. The Morgan fingerprint density at radius 2 is 1.56 bits per heavy atom. The predicted molar refractivity (Wildman–Crippen MR) is 204 cm³/mol. The molecule has 0 saturated heterocycles. The van der Waals surface area contributed by atoms with Gasteiger partial charge in [-0.25, -0.2) is 4.79 Å². The van der Waals surface area contributed by atoms with Crippen molar-refractivity contribution in [3.8, 4) is 0 Å². The first kappa shape index (κ1) is 39.7. The molecule has 3 fully saturated rings. The Kier molecular flexibility index (Phi) is 14.8. The number of ether oxygens (including phenoxy) is 1. The maximum Gasteiger partial charge on any atom is 0.410 e. The Morgan fingerprint density at radius 3 is 2.25 bits per heavy atom. The summed E-state index contributed by atoms with van der Waals surface area (Å²) in [6.07, 6.45) is 24.4. The second kappa shape index (κ2) is 17.9. The van der Waals surface area contributed by atoms with Crippen LogP contribution in [-0.4, -0.2) is 42.3 Å². The lowest BCUT2D eigenvalue weighted by atomic mass is 9.47. The lowest BCUT2D eigenvalue weighted by molar-refractivity contribution is -0.0595. The molecule has 48 heavy (non-hydrogen) atoms. The smallest absolute Gasteiger partial charge is 0.410 e. The maximum absolute atomic E-state index is 13.5. The third kappa shape index (κ3) is 9.62. The number of allylic oxidation sites excluding steroid dienone is 1. The van der Waals surface area contributed by atoms with Gasteiger partial charge in [0.25, 0.3) is 0 Å². The van der Waals surface area contributed by atoms with Crippen molar-refractivity contribution in [1.82, 2.24) is 4.90 Å². The fourth-order valence-corrected chi connectivity index (χ4v) is 11.6. The van der Waals surface area contributed by atoms with Gasteiger partial charge in [-0.2, -0.15) is 0 Å². The fourth-order valence-electron chi connectivity index (χ4n) is 11.6. The second-order valence-electron chi connectivity index (χ2n) is 18.5. The van der Waals surface area contributed by atoms with Crippen LogP contribution in [0.15, 0.2) is 11.6 Å². The molecule has 2 unspecified atom stereocenters. The number of amides is 1. The van der Waals surface area contributed by atoms with Crippen LogP contribution in [0.1, 0.15) is 171 Å². The number of hydrogen-bond donors (Lipinski definition) is 2. The van der Waals surface area contributed by atoms with Gasteiger partial charge < -0.3 is 21.1 Å². The SMILES string of the molecule is CC[C@H](CC[C@@H](C)[C@H]1CC[C@H]2[C@@H]3CC=C4C[C@@H](OC(=O)N(CCCCCCCC(C)N)CCC(C)N)CC[C@]4(C)[C@H]3CC[C@]12C)C(C)C. The van der Waals surface area contributed by atoms with Crippen LogP contribution in [0, 0.1) is 52.3 Å². The van der Waals surface area contributed by atoms with Crippen molar-refractivity contribution in [2.75, 3.05) is 13.1 Å². The van der Waals surface area contributed by atoms with Crippen LogP contribution in [-0.2, 0) is 4.74 Å². The normalized spacial score (nSPS) is 34.0. The lowest BCUT2D eigenvalue weighted by Crippen LogP contribution is -2.51. The molecule has 4 rings (SSSR count). The van der Waals surface area contributed by atoms with Crippen LogP contribution in [0.25, 0.3) is 0 Å². The zero-order chi connectivity index (χ0) is 35.1. The standard InChI is InChI=1S/C43H79N3O2/c1-9-34(30(2)3)17-16-31(4)38-20-21-39-37-19-18-35-29-36(22-25-42(35,7)40(37)23-26-43(38,39)8)48-41(47)46(28-24-33(6)45)27-14-12-10-11-13-15-32(5)44/h18,30-34,36-40H,9-17,19-29,44-45H2,1-8H3/t31-,32?,33?,34-,36+,37+,38-,39+,40+,42+,43-/m1/s1. The zero-order valence-electron chi connectivity index (χ0n) is 32.9. The summed E-state index contributed by atoms with van der Waals surface area (Å²) in [6.45, 7) is 20.7. The van der Waals surface area contributed by atoms with Crippen molar-refractivity contribution in [1.29, 1.82) is 0 Å². The summed E-state index contributed by atoms with van der Waals surface area (Å²) in [5, 5.41) is 0. The highest BCUT2D eigenvalue weighted by Gasteiger charge is 2.59. The van der Waals surface area contributed by atoms with E-state index in [1.165, 1.54) is 70.6 Å². The van der Waals surface area contributed by atoms with Crippen molar-refractivity contribution in [2.45, 2.75) is 189 Å². The number of rotatable bonds is 18. The Morgan fingerprint density at radius 1 is 0.854 bits per heavy atom. The Hall–Kier alpha value is -1.07. The first-order chi connectivity index (χ1) is 22.8. The molecular weight excluding hydrogens is 590 g/mol. The average Bonchev–Trinajstić information content (AvgIpc) is 3.39. The van der Waals surface area contributed by atoms with Gasteiger partial charge in [0.05, 0.1) is 0 Å². The summed E-state index contributed by atoms with van der Waals surface area (Å²) in [7, 11) is 0. The molecule has 11 atom stereocenters. The number of unbranched alkanes of at least 4 members (excludes halogenated alkanes) is 4. The van der Waals surface area contributed by atoms with Crippen LogP contribution in [0.4, 0.5) is 4.79 Å². The van der Waals surface area contributed by atoms with Crippen molar-refractivity contribution in [3.05, 3.63) is 11.6 Å². The van der Waals surface area contributed by atoms with Crippen LogP contribution < -0.4 is 11.5 Å². The Balaban J connectivity index is 1.32. The Bertz CT molecular complexity index is 1020. The van der Waals surface area contributed by atoms with E-state index < -0.39 is 0 Å². The van der Waals surface area contributed by atoms with Gasteiger partial charge in [0.1, 0.15) is 6.10 Å². The molecule has 1 amide bonds. The molecule has 0 aromatic carbocycles. The van der Waals surface area contributed by atoms with Gasteiger partial charge in [-0.1, -0.05) is 91.7 Å². The molecule has 3 saturated carbocycles. The van der Waals surface area contributed by atoms with E-state index in [-0.39, 0.29) is 23.7 Å². The van der Waals surface area contributed by atoms with Crippen molar-refractivity contribution in [2.24, 2.45) is 63.7 Å². The van der Waals surface area contributed by atoms with Crippen LogP contribution in [0.3, 0.4) is 0 Å². The highest BCUT2D eigenvalue weighted by molar-refractivity contribution is 5.67. The summed E-state index contributed by atoms with van der Waals surface area (Å²) < 4.78 is 6.32. The molecule has 0 aromatic rings. The van der Waals surface area contributed by atoms with Crippen molar-refractivity contribution in [3.63, 3.8) is 0 Å². The van der Waals surface area contributed by atoms with Gasteiger partial charge in [-0.15, -0.1) is 0 Å². The van der Waals surface area contributed by atoms with E-state index in [1.54, 1.807) is 5.57 Å². The average molecular weight is 670 g/mol. The first-order valence-corrected chi connectivity index (χ1v) is 21.0. The van der Waals surface area contributed by atoms with Gasteiger partial charge in [0.2, 0.25) is 0 Å². The minimum Gasteiger partial charge on any atom is -0.446 e. The molecular formula is C43H79N3O2. The third-order valence-electron chi connectivity index (χ3n) is 14.7. The van der Waals surface area contributed by atoms with Crippen molar-refractivity contribution < 1.29 is 9.53 Å². The molecule has 278 valence electrons. The molecule has 0 aromatic heterocycles. The highest BCUT2D eigenvalue weighted by Crippen LogP contribution is 2.67. The fraction of sp³-hybridized carbons (Fsp3) is 0.930. The molecule has 4 N–H and O–H groups in total. The maximum atomic E-state index is 13.5. The number of fused-ring (bicyclic) bond motifs is 5. The quantitative estimate of drug-likeness (QED) is 0.112. The van der Waals surface area contributed by atoms with E-state index in [1.807, 2.05) is 11.8 Å². The topological polar surface area (TPSA) is 81.6 Å². The number of carbonyl (C=O) groups excluding carboxylic acids is 1. The summed E-state index contributed by atoms with van der Waals surface area (Å²) in [5.41, 5.74) is 14.4. The summed E-state index contributed by atoms with van der Waals surface area (Å²) >= 11 is 0. The number of nitrogens with zero attached hydrogens (tertiary/aromatic N) is 1. The minimum atomic E-state index is -0.117. The van der Waals surface area contributed by atoms with Crippen LogP contribution in [0.5, 0.6) is 0 Å². The zero-order valence-corrected chi connectivity index (χ0v) is 32.9. The molecule has 4 aliphatic rings. The van der Waals surface area contributed by atoms with Gasteiger partial charge in [0.15, 0.2) is 0 Å². The van der Waals surface area contributed by atoms with E-state index in [4.69, 9.17) is 16.2 Å². The monoisotopic (exact) mass is 670 g/mol. The first-order valence-electron chi connectivity index (χ1n) is 21.0. The molecule has 5 heteroatoms. The van der Waals surface area contributed by atoms with E-state index in [9.17, 15) is 4.79 Å². The van der Waals surface area contributed by atoms with E-state index >= 15 is 0 Å². The number of carbonyl (C=O) groups is 1. The Labute approximate surface area is 297 Å².